The molecule has 0 saturated carbocycles. The Bertz CT molecular complexity index is 1260. The van der Waals surface area contributed by atoms with E-state index in [4.69, 9.17) is 11.6 Å². The van der Waals surface area contributed by atoms with Gasteiger partial charge in [0.25, 0.3) is 0 Å². The van der Waals surface area contributed by atoms with Crippen molar-refractivity contribution < 1.29 is 4.79 Å². The molecule has 174 valence electrons. The van der Waals surface area contributed by atoms with Gasteiger partial charge in [0.15, 0.2) is 11.0 Å². The molecule has 8 heteroatoms. The number of pyridine rings is 1. The quantitative estimate of drug-likeness (QED) is 0.280. The van der Waals surface area contributed by atoms with E-state index < -0.39 is 5.25 Å². The van der Waals surface area contributed by atoms with Crippen LogP contribution in [0.5, 0.6) is 0 Å². The maximum atomic E-state index is 13.1. The number of carbonyl (C=O) groups is 1. The second-order valence-corrected chi connectivity index (χ2v) is 9.74. The van der Waals surface area contributed by atoms with Crippen LogP contribution in [-0.2, 0) is 4.79 Å². The molecule has 2 aromatic carbocycles. The first-order chi connectivity index (χ1) is 16.5. The lowest BCUT2D eigenvalue weighted by Crippen LogP contribution is -2.23. The van der Waals surface area contributed by atoms with Crippen molar-refractivity contribution in [2.45, 2.75) is 43.5 Å². The third-order valence-electron chi connectivity index (χ3n) is 5.67. The van der Waals surface area contributed by atoms with Crippen LogP contribution in [0.2, 0.25) is 5.02 Å². The van der Waals surface area contributed by atoms with Gasteiger partial charge in [0.05, 0.1) is 5.25 Å². The summed E-state index contributed by atoms with van der Waals surface area (Å²) in [5, 5.41) is 12.8. The number of halogens is 1. The zero-order valence-electron chi connectivity index (χ0n) is 19.3. The van der Waals surface area contributed by atoms with Crippen LogP contribution >= 0.6 is 23.4 Å². The predicted molar refractivity (Wildman–Crippen MR) is 139 cm³/mol. The molecule has 2 unspecified atom stereocenters. The third kappa shape index (κ3) is 5.32. The highest BCUT2D eigenvalue weighted by atomic mass is 35.5. The summed E-state index contributed by atoms with van der Waals surface area (Å²) in [5.74, 6) is 0.939. The summed E-state index contributed by atoms with van der Waals surface area (Å²) in [4.78, 5) is 17.2. The molecule has 0 spiro atoms. The van der Waals surface area contributed by atoms with Crippen LogP contribution in [0.4, 0.5) is 5.69 Å². The molecule has 6 nitrogen and oxygen atoms in total. The Labute approximate surface area is 208 Å². The maximum absolute atomic E-state index is 13.1. The summed E-state index contributed by atoms with van der Waals surface area (Å²) < 4.78 is 1.94. The standard InChI is InChI=1S/C26H26ClN5OS/c1-4-17(2)22-7-5-6-8-23(22)29-25(33)18(3)34-26-31-30-24(19-13-15-28-16-14-19)32(26)21-11-9-20(27)10-12-21/h5-18H,4H2,1-3H3,(H,29,33). The topological polar surface area (TPSA) is 72.7 Å². The summed E-state index contributed by atoms with van der Waals surface area (Å²) >= 11 is 7.47. The van der Waals surface area contributed by atoms with E-state index in [0.717, 1.165) is 28.9 Å². The highest BCUT2D eigenvalue weighted by Crippen LogP contribution is 2.32. The molecule has 4 aromatic rings. The molecule has 1 amide bonds. The van der Waals surface area contributed by atoms with Crippen molar-refractivity contribution in [3.8, 4) is 17.1 Å². The van der Waals surface area contributed by atoms with Gasteiger partial charge in [-0.15, -0.1) is 10.2 Å². The second kappa shape index (κ2) is 10.8. The second-order valence-electron chi connectivity index (χ2n) is 8.00. The summed E-state index contributed by atoms with van der Waals surface area (Å²) in [6.07, 6.45) is 4.43. The lowest BCUT2D eigenvalue weighted by atomic mass is 9.97. The molecule has 0 fully saturated rings. The van der Waals surface area contributed by atoms with Crippen molar-refractivity contribution >= 4 is 35.0 Å². The van der Waals surface area contributed by atoms with Gasteiger partial charge >= 0.3 is 0 Å². The minimum Gasteiger partial charge on any atom is -0.325 e. The fourth-order valence-electron chi connectivity index (χ4n) is 3.56. The number of hydrogen-bond donors (Lipinski definition) is 1. The number of para-hydroxylation sites is 1. The fraction of sp³-hybridized carbons (Fsp3) is 0.231. The molecule has 2 aromatic heterocycles. The number of thioether (sulfide) groups is 1. The van der Waals surface area contributed by atoms with E-state index >= 15 is 0 Å². The van der Waals surface area contributed by atoms with Crippen LogP contribution in [0.3, 0.4) is 0 Å². The van der Waals surface area contributed by atoms with Gasteiger partial charge in [-0.05, 0) is 67.3 Å². The molecule has 0 aliphatic rings. The van der Waals surface area contributed by atoms with E-state index in [1.54, 1.807) is 12.4 Å². The van der Waals surface area contributed by atoms with Crippen LogP contribution in [0.1, 0.15) is 38.7 Å². The molecule has 0 aliphatic carbocycles. The van der Waals surface area contributed by atoms with Crippen molar-refractivity contribution in [3.05, 3.63) is 83.6 Å². The number of anilines is 1. The molecular formula is C26H26ClN5OS. The van der Waals surface area contributed by atoms with Gasteiger partial charge in [0.1, 0.15) is 0 Å². The molecule has 0 saturated heterocycles. The van der Waals surface area contributed by atoms with E-state index in [0.29, 0.717) is 21.9 Å². The Balaban J connectivity index is 1.62. The Hall–Kier alpha value is -3.16. The lowest BCUT2D eigenvalue weighted by Gasteiger charge is -2.18. The minimum atomic E-state index is -0.398. The number of rotatable bonds is 8. The van der Waals surface area contributed by atoms with Gasteiger partial charge in [0.2, 0.25) is 5.91 Å². The summed E-state index contributed by atoms with van der Waals surface area (Å²) in [6, 6.07) is 19.2. The highest BCUT2D eigenvalue weighted by Gasteiger charge is 2.23. The molecule has 2 atom stereocenters. The Morgan fingerprint density at radius 1 is 1.03 bits per heavy atom. The Kier molecular flexibility index (Phi) is 7.65. The Morgan fingerprint density at radius 2 is 1.74 bits per heavy atom. The van der Waals surface area contributed by atoms with Crippen LogP contribution in [-0.4, -0.2) is 30.9 Å². The largest absolute Gasteiger partial charge is 0.325 e. The first kappa shape index (κ1) is 24.0. The molecular weight excluding hydrogens is 466 g/mol. The van der Waals surface area contributed by atoms with Gasteiger partial charge in [-0.25, -0.2) is 0 Å². The van der Waals surface area contributed by atoms with Crippen molar-refractivity contribution in [3.63, 3.8) is 0 Å². The van der Waals surface area contributed by atoms with Gasteiger partial charge in [-0.2, -0.15) is 0 Å². The normalized spacial score (nSPS) is 12.8. The number of carbonyl (C=O) groups excluding carboxylic acids is 1. The zero-order valence-corrected chi connectivity index (χ0v) is 20.8. The van der Waals surface area contributed by atoms with Crippen LogP contribution in [0.25, 0.3) is 17.1 Å². The van der Waals surface area contributed by atoms with E-state index in [2.05, 4.69) is 40.4 Å². The number of aromatic nitrogens is 4. The fourth-order valence-corrected chi connectivity index (χ4v) is 4.56. The highest BCUT2D eigenvalue weighted by molar-refractivity contribution is 8.00. The number of hydrogen-bond acceptors (Lipinski definition) is 5. The van der Waals surface area contributed by atoms with Crippen LogP contribution < -0.4 is 5.32 Å². The summed E-state index contributed by atoms with van der Waals surface area (Å²) in [5.41, 5.74) is 3.73. The van der Waals surface area contributed by atoms with Crippen molar-refractivity contribution in [1.82, 2.24) is 19.7 Å². The Morgan fingerprint density at radius 3 is 2.44 bits per heavy atom. The summed E-state index contributed by atoms with van der Waals surface area (Å²) in [6.45, 7) is 6.18. The molecule has 34 heavy (non-hydrogen) atoms. The number of amides is 1. The average molecular weight is 492 g/mol. The summed E-state index contributed by atoms with van der Waals surface area (Å²) in [7, 11) is 0. The van der Waals surface area contributed by atoms with Crippen molar-refractivity contribution in [2.24, 2.45) is 0 Å². The van der Waals surface area contributed by atoms with Crippen LogP contribution in [0, 0.1) is 0 Å². The zero-order chi connectivity index (χ0) is 24.1. The smallest absolute Gasteiger partial charge is 0.237 e. The predicted octanol–water partition coefficient (Wildman–Crippen LogP) is 6.62. The van der Waals surface area contributed by atoms with E-state index in [1.807, 2.05) is 66.1 Å². The first-order valence-electron chi connectivity index (χ1n) is 11.2. The monoisotopic (exact) mass is 491 g/mol. The number of nitrogens with one attached hydrogen (secondary N) is 1. The van der Waals surface area contributed by atoms with Gasteiger partial charge in [-0.3, -0.25) is 14.3 Å². The van der Waals surface area contributed by atoms with Gasteiger partial charge < -0.3 is 5.32 Å². The lowest BCUT2D eigenvalue weighted by molar-refractivity contribution is -0.115. The van der Waals surface area contributed by atoms with Crippen molar-refractivity contribution in [1.29, 1.82) is 0 Å². The molecule has 0 bridgehead atoms. The number of benzene rings is 2. The van der Waals surface area contributed by atoms with Crippen LogP contribution in [0.15, 0.2) is 78.2 Å². The average Bonchev–Trinajstić information content (AvgIpc) is 3.28. The minimum absolute atomic E-state index is 0.0862. The SMILES string of the molecule is CCC(C)c1ccccc1NC(=O)C(C)Sc1nnc(-c2ccncc2)n1-c1ccc(Cl)cc1. The van der Waals surface area contributed by atoms with Gasteiger partial charge in [-0.1, -0.05) is 55.4 Å². The molecule has 2 heterocycles. The third-order valence-corrected chi connectivity index (χ3v) is 6.96. The number of nitrogens with zero attached hydrogens (tertiary/aromatic N) is 4. The maximum Gasteiger partial charge on any atom is 0.237 e. The first-order valence-corrected chi connectivity index (χ1v) is 12.4. The van der Waals surface area contributed by atoms with Gasteiger partial charge in [0, 0.05) is 34.4 Å². The molecule has 1 N–H and O–H groups in total. The molecule has 0 radical (unpaired) electrons. The molecule has 4 rings (SSSR count). The molecule has 0 aliphatic heterocycles. The van der Waals surface area contributed by atoms with E-state index in [-0.39, 0.29) is 5.91 Å². The van der Waals surface area contributed by atoms with E-state index in [1.165, 1.54) is 11.8 Å². The van der Waals surface area contributed by atoms with E-state index in [9.17, 15) is 4.79 Å². The van der Waals surface area contributed by atoms with Crippen molar-refractivity contribution in [2.75, 3.05) is 5.32 Å².